The summed E-state index contributed by atoms with van der Waals surface area (Å²) < 4.78 is 5.22. The number of anilines is 1. The third kappa shape index (κ3) is 4.84. The molecule has 0 aliphatic carbocycles. The summed E-state index contributed by atoms with van der Waals surface area (Å²) in [5, 5.41) is 2.74. The van der Waals surface area contributed by atoms with Crippen molar-refractivity contribution in [2.45, 2.75) is 19.9 Å². The van der Waals surface area contributed by atoms with E-state index in [0.717, 1.165) is 11.1 Å². The van der Waals surface area contributed by atoms with Crippen molar-refractivity contribution in [3.8, 4) is 5.75 Å². The van der Waals surface area contributed by atoms with Crippen LogP contribution in [0.5, 0.6) is 5.75 Å². The highest BCUT2D eigenvalue weighted by Gasteiger charge is 2.16. The van der Waals surface area contributed by atoms with E-state index in [1.807, 2.05) is 49.4 Å². The summed E-state index contributed by atoms with van der Waals surface area (Å²) in [6.45, 7) is 2.40. The fourth-order valence-corrected chi connectivity index (χ4v) is 2.33. The van der Waals surface area contributed by atoms with Gasteiger partial charge in [-0.05, 0) is 30.2 Å². The Morgan fingerprint density at radius 1 is 1.12 bits per heavy atom. The molecule has 0 spiro atoms. The van der Waals surface area contributed by atoms with E-state index in [0.29, 0.717) is 18.0 Å². The minimum absolute atomic E-state index is 0.208. The molecule has 5 nitrogen and oxygen atoms in total. The smallest absolute Gasteiger partial charge is 0.233 e. The number of carbonyl (C=O) groups excluding carboxylic acids is 2. The fraction of sp³-hybridized carbons (Fsp3) is 0.263. The predicted molar refractivity (Wildman–Crippen MR) is 93.9 cm³/mol. The lowest BCUT2D eigenvalue weighted by Gasteiger charge is -2.17. The number of hydrogen-bond donors (Lipinski definition) is 1. The summed E-state index contributed by atoms with van der Waals surface area (Å²) in [5.74, 6) is -0.0224. The van der Waals surface area contributed by atoms with Crippen LogP contribution >= 0.6 is 0 Å². The van der Waals surface area contributed by atoms with Crippen molar-refractivity contribution in [1.29, 1.82) is 0 Å². The second kappa shape index (κ2) is 8.15. The molecule has 0 heterocycles. The number of carbonyl (C=O) groups is 2. The molecule has 2 aromatic rings. The molecule has 0 fully saturated rings. The molecule has 0 bridgehead atoms. The average Bonchev–Trinajstić information content (AvgIpc) is 2.55. The SMILES string of the molecule is COc1ccc(C)cc1NC(=O)CC(=O)N(C)Cc1ccccc1. The first kappa shape index (κ1) is 17.5. The third-order valence-electron chi connectivity index (χ3n) is 3.63. The summed E-state index contributed by atoms with van der Waals surface area (Å²) in [6.07, 6.45) is -0.208. The first-order valence-electron chi connectivity index (χ1n) is 7.72. The number of aryl methyl sites for hydroxylation is 1. The van der Waals surface area contributed by atoms with Crippen molar-refractivity contribution < 1.29 is 14.3 Å². The maximum absolute atomic E-state index is 12.2. The molecule has 2 amide bonds. The van der Waals surface area contributed by atoms with Crippen LogP contribution in [-0.2, 0) is 16.1 Å². The van der Waals surface area contributed by atoms with Crippen molar-refractivity contribution in [1.82, 2.24) is 4.90 Å². The van der Waals surface area contributed by atoms with Gasteiger partial charge >= 0.3 is 0 Å². The van der Waals surface area contributed by atoms with E-state index in [9.17, 15) is 9.59 Å². The van der Waals surface area contributed by atoms with Crippen LogP contribution in [0.25, 0.3) is 0 Å². The molecule has 0 saturated heterocycles. The quantitative estimate of drug-likeness (QED) is 0.830. The summed E-state index contributed by atoms with van der Waals surface area (Å²) in [6, 6.07) is 15.2. The van der Waals surface area contributed by atoms with Gasteiger partial charge in [-0.15, -0.1) is 0 Å². The van der Waals surface area contributed by atoms with E-state index in [2.05, 4.69) is 5.32 Å². The van der Waals surface area contributed by atoms with Gasteiger partial charge in [-0.25, -0.2) is 0 Å². The molecule has 1 N–H and O–H groups in total. The van der Waals surface area contributed by atoms with Gasteiger partial charge in [-0.1, -0.05) is 36.4 Å². The molecule has 24 heavy (non-hydrogen) atoms. The van der Waals surface area contributed by atoms with Crippen LogP contribution in [0.15, 0.2) is 48.5 Å². The molecule has 0 unspecified atom stereocenters. The van der Waals surface area contributed by atoms with Gasteiger partial charge in [-0.2, -0.15) is 0 Å². The molecule has 0 aliphatic rings. The van der Waals surface area contributed by atoms with Gasteiger partial charge in [0.25, 0.3) is 0 Å². The Kier molecular flexibility index (Phi) is 5.95. The molecule has 2 rings (SSSR count). The number of hydrogen-bond acceptors (Lipinski definition) is 3. The lowest BCUT2D eigenvalue weighted by molar-refractivity contribution is -0.134. The number of methoxy groups -OCH3 is 1. The van der Waals surface area contributed by atoms with Gasteiger partial charge in [0.2, 0.25) is 11.8 Å². The molecule has 0 atom stereocenters. The maximum Gasteiger partial charge on any atom is 0.233 e. The van der Waals surface area contributed by atoms with Crippen molar-refractivity contribution in [2.75, 3.05) is 19.5 Å². The monoisotopic (exact) mass is 326 g/mol. The van der Waals surface area contributed by atoms with Crippen LogP contribution in [0.3, 0.4) is 0 Å². The Balaban J connectivity index is 1.94. The Labute approximate surface area is 142 Å². The average molecular weight is 326 g/mol. The minimum Gasteiger partial charge on any atom is -0.495 e. The Morgan fingerprint density at radius 2 is 1.83 bits per heavy atom. The fourth-order valence-electron chi connectivity index (χ4n) is 2.33. The number of ether oxygens (including phenoxy) is 1. The van der Waals surface area contributed by atoms with Crippen LogP contribution in [0.1, 0.15) is 17.5 Å². The zero-order valence-corrected chi connectivity index (χ0v) is 14.2. The summed E-state index contributed by atoms with van der Waals surface area (Å²) in [4.78, 5) is 25.9. The highest BCUT2D eigenvalue weighted by Crippen LogP contribution is 2.25. The first-order chi connectivity index (χ1) is 11.5. The molecular formula is C19H22N2O3. The largest absolute Gasteiger partial charge is 0.495 e. The zero-order chi connectivity index (χ0) is 17.5. The van der Waals surface area contributed by atoms with Crippen LogP contribution < -0.4 is 10.1 Å². The first-order valence-corrected chi connectivity index (χ1v) is 7.72. The molecular weight excluding hydrogens is 304 g/mol. The Bertz CT molecular complexity index is 714. The predicted octanol–water partition coefficient (Wildman–Crippen LogP) is 2.99. The Morgan fingerprint density at radius 3 is 2.50 bits per heavy atom. The Hall–Kier alpha value is -2.82. The van der Waals surface area contributed by atoms with Crippen LogP contribution in [0, 0.1) is 6.92 Å². The van der Waals surface area contributed by atoms with Gasteiger partial charge in [0, 0.05) is 13.6 Å². The lowest BCUT2D eigenvalue weighted by atomic mass is 10.2. The summed E-state index contributed by atoms with van der Waals surface area (Å²) in [7, 11) is 3.23. The number of nitrogens with one attached hydrogen (secondary N) is 1. The van der Waals surface area contributed by atoms with Gasteiger partial charge in [-0.3, -0.25) is 9.59 Å². The molecule has 0 radical (unpaired) electrons. The highest BCUT2D eigenvalue weighted by molar-refractivity contribution is 6.04. The minimum atomic E-state index is -0.358. The van der Waals surface area contributed by atoms with Crippen molar-refractivity contribution in [3.05, 3.63) is 59.7 Å². The van der Waals surface area contributed by atoms with E-state index in [4.69, 9.17) is 4.74 Å². The van der Waals surface area contributed by atoms with Gasteiger partial charge in [0.1, 0.15) is 12.2 Å². The van der Waals surface area contributed by atoms with E-state index in [1.165, 1.54) is 0 Å². The van der Waals surface area contributed by atoms with E-state index < -0.39 is 0 Å². The van der Waals surface area contributed by atoms with E-state index in [-0.39, 0.29) is 18.2 Å². The second-order valence-corrected chi connectivity index (χ2v) is 5.66. The van der Waals surface area contributed by atoms with Gasteiger partial charge in [0.05, 0.1) is 12.8 Å². The molecule has 0 saturated carbocycles. The van der Waals surface area contributed by atoms with Crippen molar-refractivity contribution >= 4 is 17.5 Å². The van der Waals surface area contributed by atoms with Crippen LogP contribution in [-0.4, -0.2) is 30.9 Å². The standard InChI is InChI=1S/C19H22N2O3/c1-14-9-10-17(24-3)16(11-14)20-18(22)12-19(23)21(2)13-15-7-5-4-6-8-15/h4-11H,12-13H2,1-3H3,(H,20,22). The van der Waals surface area contributed by atoms with Crippen molar-refractivity contribution in [2.24, 2.45) is 0 Å². The number of nitrogens with zero attached hydrogens (tertiary/aromatic N) is 1. The van der Waals surface area contributed by atoms with E-state index >= 15 is 0 Å². The molecule has 5 heteroatoms. The van der Waals surface area contributed by atoms with Gasteiger partial charge in [0.15, 0.2) is 0 Å². The topological polar surface area (TPSA) is 58.6 Å². The summed E-state index contributed by atoms with van der Waals surface area (Å²) in [5.41, 5.74) is 2.59. The van der Waals surface area contributed by atoms with E-state index in [1.54, 1.807) is 25.1 Å². The third-order valence-corrected chi connectivity index (χ3v) is 3.63. The van der Waals surface area contributed by atoms with Crippen LogP contribution in [0.4, 0.5) is 5.69 Å². The van der Waals surface area contributed by atoms with Crippen LogP contribution in [0.2, 0.25) is 0 Å². The van der Waals surface area contributed by atoms with Crippen molar-refractivity contribution in [3.63, 3.8) is 0 Å². The normalized spacial score (nSPS) is 10.1. The van der Waals surface area contributed by atoms with Gasteiger partial charge < -0.3 is 15.0 Å². The summed E-state index contributed by atoms with van der Waals surface area (Å²) >= 11 is 0. The molecule has 2 aromatic carbocycles. The molecule has 0 aliphatic heterocycles. The number of amides is 2. The second-order valence-electron chi connectivity index (χ2n) is 5.66. The molecule has 126 valence electrons. The highest BCUT2D eigenvalue weighted by atomic mass is 16.5. The maximum atomic E-state index is 12.2. The number of benzene rings is 2. The number of rotatable bonds is 6. The zero-order valence-electron chi connectivity index (χ0n) is 14.2. The molecule has 0 aromatic heterocycles. The lowest BCUT2D eigenvalue weighted by Crippen LogP contribution is -2.30.